The first-order chi connectivity index (χ1) is 9.55. The number of hydrogen-bond acceptors (Lipinski definition) is 5. The average molecular weight is 281 g/mol. The van der Waals surface area contributed by atoms with Crippen LogP contribution in [-0.4, -0.2) is 29.8 Å². The normalized spacial score (nSPS) is 27.1. The highest BCUT2D eigenvalue weighted by Crippen LogP contribution is 2.40. The van der Waals surface area contributed by atoms with Gasteiger partial charge in [0.05, 0.1) is 0 Å². The van der Waals surface area contributed by atoms with Gasteiger partial charge in [-0.05, 0) is 31.6 Å². The van der Waals surface area contributed by atoms with E-state index >= 15 is 0 Å². The van der Waals surface area contributed by atoms with Crippen molar-refractivity contribution >= 4 is 0 Å². The zero-order valence-corrected chi connectivity index (χ0v) is 13.1. The van der Waals surface area contributed by atoms with Gasteiger partial charge in [0, 0.05) is 26.1 Å². The third-order valence-corrected chi connectivity index (χ3v) is 4.24. The number of aromatic nitrogens is 2. The highest BCUT2D eigenvalue weighted by Gasteiger charge is 2.40. The van der Waals surface area contributed by atoms with Gasteiger partial charge in [0.2, 0.25) is 11.7 Å². The first-order valence-corrected chi connectivity index (χ1v) is 7.67. The van der Waals surface area contributed by atoms with Crippen LogP contribution in [0.1, 0.15) is 58.2 Å². The van der Waals surface area contributed by atoms with Crippen LogP contribution in [0.4, 0.5) is 0 Å². The van der Waals surface area contributed by atoms with Gasteiger partial charge in [-0.25, -0.2) is 0 Å². The molecule has 1 aliphatic carbocycles. The molecule has 0 spiro atoms. The monoisotopic (exact) mass is 281 g/mol. The summed E-state index contributed by atoms with van der Waals surface area (Å²) in [4.78, 5) is 4.56. The number of hydrogen-bond donors (Lipinski definition) is 1. The van der Waals surface area contributed by atoms with E-state index in [1.807, 2.05) is 0 Å². The molecule has 1 aromatic heterocycles. The molecule has 1 aromatic rings. The molecule has 5 heteroatoms. The fraction of sp³-hybridized carbons (Fsp3) is 0.867. The molecule has 20 heavy (non-hydrogen) atoms. The van der Waals surface area contributed by atoms with Crippen molar-refractivity contribution in [2.45, 2.75) is 64.5 Å². The summed E-state index contributed by atoms with van der Waals surface area (Å²) in [5.74, 6) is 2.19. The summed E-state index contributed by atoms with van der Waals surface area (Å²) in [5, 5.41) is 7.52. The van der Waals surface area contributed by atoms with Crippen LogP contribution >= 0.6 is 0 Å². The van der Waals surface area contributed by atoms with Gasteiger partial charge in [-0.2, -0.15) is 4.98 Å². The molecular formula is C15H27N3O2. The molecule has 114 valence electrons. The lowest BCUT2D eigenvalue weighted by Gasteiger charge is -2.35. The molecule has 0 amide bonds. The van der Waals surface area contributed by atoms with E-state index in [4.69, 9.17) is 9.26 Å². The lowest BCUT2D eigenvalue weighted by Crippen LogP contribution is -2.34. The molecule has 1 saturated carbocycles. The SMILES string of the molecule is COC1(c2noc(CCNC(C)C)n2)CCC(C)CC1. The summed E-state index contributed by atoms with van der Waals surface area (Å²) in [5.41, 5.74) is -0.334. The van der Waals surface area contributed by atoms with Crippen molar-refractivity contribution < 1.29 is 9.26 Å². The van der Waals surface area contributed by atoms with Crippen LogP contribution in [0.5, 0.6) is 0 Å². The fourth-order valence-electron chi connectivity index (χ4n) is 2.76. The lowest BCUT2D eigenvalue weighted by molar-refractivity contribution is -0.0609. The van der Waals surface area contributed by atoms with Crippen LogP contribution in [0.15, 0.2) is 4.52 Å². The van der Waals surface area contributed by atoms with Gasteiger partial charge in [-0.1, -0.05) is 25.9 Å². The molecular weight excluding hydrogens is 254 g/mol. The van der Waals surface area contributed by atoms with E-state index < -0.39 is 0 Å². The maximum atomic E-state index is 5.77. The predicted octanol–water partition coefficient (Wildman–Crippen LogP) is 2.66. The molecule has 0 aromatic carbocycles. The molecule has 2 rings (SSSR count). The minimum atomic E-state index is -0.334. The Morgan fingerprint density at radius 2 is 2.10 bits per heavy atom. The van der Waals surface area contributed by atoms with Crippen molar-refractivity contribution in [2.24, 2.45) is 5.92 Å². The highest BCUT2D eigenvalue weighted by atomic mass is 16.5. The van der Waals surface area contributed by atoms with Crippen LogP contribution in [-0.2, 0) is 16.8 Å². The first-order valence-electron chi connectivity index (χ1n) is 7.67. The number of nitrogens with zero attached hydrogens (tertiary/aromatic N) is 2. The topological polar surface area (TPSA) is 60.2 Å². The largest absolute Gasteiger partial charge is 0.370 e. The molecule has 1 aliphatic rings. The maximum absolute atomic E-state index is 5.77. The number of methoxy groups -OCH3 is 1. The molecule has 1 heterocycles. The molecule has 0 atom stereocenters. The summed E-state index contributed by atoms with van der Waals surface area (Å²) < 4.78 is 11.1. The fourth-order valence-corrected chi connectivity index (χ4v) is 2.76. The Morgan fingerprint density at radius 1 is 1.40 bits per heavy atom. The van der Waals surface area contributed by atoms with E-state index in [9.17, 15) is 0 Å². The second-order valence-electron chi connectivity index (χ2n) is 6.25. The standard InChI is InChI=1S/C15H27N3O2/c1-11(2)16-10-7-13-17-14(18-20-13)15(19-4)8-5-12(3)6-9-15/h11-12,16H,5-10H2,1-4H3. The quantitative estimate of drug-likeness (QED) is 0.868. The Labute approximate surface area is 121 Å². The third-order valence-electron chi connectivity index (χ3n) is 4.24. The summed E-state index contributed by atoms with van der Waals surface area (Å²) in [6.45, 7) is 7.40. The Kier molecular flexibility index (Phi) is 5.16. The molecule has 0 saturated heterocycles. The lowest BCUT2D eigenvalue weighted by atomic mass is 9.79. The summed E-state index contributed by atoms with van der Waals surface area (Å²) in [7, 11) is 1.76. The Hall–Kier alpha value is -0.940. The minimum Gasteiger partial charge on any atom is -0.370 e. The highest BCUT2D eigenvalue weighted by molar-refractivity contribution is 5.04. The molecule has 1 fully saturated rings. The molecule has 5 nitrogen and oxygen atoms in total. The second-order valence-corrected chi connectivity index (χ2v) is 6.25. The zero-order chi connectivity index (χ0) is 14.6. The molecule has 0 unspecified atom stereocenters. The second kappa shape index (κ2) is 6.68. The Morgan fingerprint density at radius 3 is 2.70 bits per heavy atom. The van der Waals surface area contributed by atoms with E-state index in [1.54, 1.807) is 7.11 Å². The summed E-state index contributed by atoms with van der Waals surface area (Å²) in [6, 6.07) is 0.475. The van der Waals surface area contributed by atoms with Crippen LogP contribution in [0.25, 0.3) is 0 Å². The van der Waals surface area contributed by atoms with Crippen molar-refractivity contribution in [3.63, 3.8) is 0 Å². The van der Waals surface area contributed by atoms with Gasteiger partial charge >= 0.3 is 0 Å². The van der Waals surface area contributed by atoms with Crippen molar-refractivity contribution in [3.05, 3.63) is 11.7 Å². The number of nitrogens with one attached hydrogen (secondary N) is 1. The van der Waals surface area contributed by atoms with Gasteiger partial charge in [0.25, 0.3) is 0 Å². The first kappa shape index (κ1) is 15.4. The number of rotatable bonds is 6. The van der Waals surface area contributed by atoms with Crippen molar-refractivity contribution in [2.75, 3.05) is 13.7 Å². The van der Waals surface area contributed by atoms with E-state index in [0.717, 1.165) is 50.4 Å². The van der Waals surface area contributed by atoms with E-state index in [-0.39, 0.29) is 5.60 Å². The number of ether oxygens (including phenoxy) is 1. The van der Waals surface area contributed by atoms with Crippen molar-refractivity contribution in [1.29, 1.82) is 0 Å². The van der Waals surface area contributed by atoms with Crippen molar-refractivity contribution in [1.82, 2.24) is 15.5 Å². The van der Waals surface area contributed by atoms with Crippen molar-refractivity contribution in [3.8, 4) is 0 Å². The van der Waals surface area contributed by atoms with Gasteiger partial charge in [0.1, 0.15) is 5.60 Å². The summed E-state index contributed by atoms with van der Waals surface area (Å²) in [6.07, 6.45) is 5.04. The minimum absolute atomic E-state index is 0.334. The maximum Gasteiger partial charge on any atom is 0.228 e. The van der Waals surface area contributed by atoms with Gasteiger partial charge in [0.15, 0.2) is 0 Å². The smallest absolute Gasteiger partial charge is 0.228 e. The molecule has 0 radical (unpaired) electrons. The van der Waals surface area contributed by atoms with E-state index in [1.165, 1.54) is 0 Å². The average Bonchev–Trinajstić information content (AvgIpc) is 2.89. The van der Waals surface area contributed by atoms with Crippen LogP contribution < -0.4 is 5.32 Å². The van der Waals surface area contributed by atoms with Gasteiger partial charge in [-0.3, -0.25) is 0 Å². The van der Waals surface area contributed by atoms with Gasteiger partial charge in [-0.15, -0.1) is 0 Å². The van der Waals surface area contributed by atoms with Gasteiger partial charge < -0.3 is 14.6 Å². The van der Waals surface area contributed by atoms with Crippen LogP contribution in [0, 0.1) is 5.92 Å². The van der Waals surface area contributed by atoms with E-state index in [2.05, 4.69) is 36.2 Å². The molecule has 0 aliphatic heterocycles. The zero-order valence-electron chi connectivity index (χ0n) is 13.1. The molecule has 0 bridgehead atoms. The molecule has 1 N–H and O–H groups in total. The van der Waals surface area contributed by atoms with Crippen LogP contribution in [0.3, 0.4) is 0 Å². The van der Waals surface area contributed by atoms with E-state index in [0.29, 0.717) is 11.9 Å². The predicted molar refractivity (Wildman–Crippen MR) is 77.5 cm³/mol. The Balaban J connectivity index is 1.99. The Bertz CT molecular complexity index is 409. The summed E-state index contributed by atoms with van der Waals surface area (Å²) >= 11 is 0. The third kappa shape index (κ3) is 3.58. The van der Waals surface area contributed by atoms with Crippen LogP contribution in [0.2, 0.25) is 0 Å².